The van der Waals surface area contributed by atoms with Crippen molar-refractivity contribution < 1.29 is 18.0 Å². The fraction of sp³-hybridized carbons (Fsp3) is 0.440. The van der Waals surface area contributed by atoms with Gasteiger partial charge in [-0.25, -0.2) is 8.42 Å². The molecule has 2 aromatic carbocycles. The van der Waals surface area contributed by atoms with Crippen LogP contribution in [0, 0.1) is 6.92 Å². The Labute approximate surface area is 197 Å². The highest BCUT2D eigenvalue weighted by Gasteiger charge is 2.31. The van der Waals surface area contributed by atoms with Gasteiger partial charge in [0.2, 0.25) is 21.8 Å². The number of amides is 2. The van der Waals surface area contributed by atoms with Gasteiger partial charge in [0.15, 0.2) is 0 Å². The van der Waals surface area contributed by atoms with Crippen molar-refractivity contribution in [2.75, 3.05) is 23.7 Å². The number of anilines is 1. The summed E-state index contributed by atoms with van der Waals surface area (Å²) in [6, 6.07) is 14.2. The quantitative estimate of drug-likeness (QED) is 0.543. The molecule has 1 atom stereocenters. The predicted molar refractivity (Wildman–Crippen MR) is 133 cm³/mol. The number of likely N-dealkylation sites (N-methyl/N-ethyl adjacent to an activating group) is 1. The summed E-state index contributed by atoms with van der Waals surface area (Å²) in [6.45, 7) is 7.86. The molecule has 2 rings (SSSR count). The van der Waals surface area contributed by atoms with E-state index in [-0.39, 0.29) is 19.0 Å². The van der Waals surface area contributed by atoms with E-state index in [0.29, 0.717) is 25.1 Å². The third-order valence-corrected chi connectivity index (χ3v) is 6.66. The summed E-state index contributed by atoms with van der Waals surface area (Å²) in [4.78, 5) is 27.9. The third kappa shape index (κ3) is 7.05. The molecule has 1 N–H and O–H groups in total. The molecule has 8 heteroatoms. The maximum absolute atomic E-state index is 13.6. The molecule has 0 radical (unpaired) electrons. The van der Waals surface area contributed by atoms with Gasteiger partial charge in [-0.1, -0.05) is 61.9 Å². The van der Waals surface area contributed by atoms with E-state index >= 15 is 0 Å². The number of para-hydroxylation sites is 1. The number of carbonyl (C=O) groups is 2. The van der Waals surface area contributed by atoms with Crippen LogP contribution in [0.1, 0.15) is 43.9 Å². The summed E-state index contributed by atoms with van der Waals surface area (Å²) in [5, 5.41) is 2.80. The molecular weight excluding hydrogens is 438 g/mol. The molecule has 0 aliphatic rings. The van der Waals surface area contributed by atoms with Crippen molar-refractivity contribution in [1.29, 1.82) is 0 Å². The Hall–Kier alpha value is -2.87. The minimum atomic E-state index is -3.74. The first-order chi connectivity index (χ1) is 15.6. The van der Waals surface area contributed by atoms with E-state index in [0.717, 1.165) is 27.3 Å². The van der Waals surface area contributed by atoms with Gasteiger partial charge >= 0.3 is 0 Å². The molecule has 0 saturated carbocycles. The Bertz CT molecular complexity index is 1050. The second kappa shape index (κ2) is 11.8. The van der Waals surface area contributed by atoms with Crippen molar-refractivity contribution in [3.05, 3.63) is 65.2 Å². The van der Waals surface area contributed by atoms with Crippen LogP contribution in [0.5, 0.6) is 0 Å². The molecule has 0 aliphatic carbocycles. The molecule has 2 aromatic rings. The number of aryl methyl sites for hydroxylation is 2. The number of rotatable bonds is 11. The summed E-state index contributed by atoms with van der Waals surface area (Å²) < 4.78 is 26.6. The Morgan fingerprint density at radius 1 is 1.00 bits per heavy atom. The first kappa shape index (κ1) is 26.4. The van der Waals surface area contributed by atoms with Gasteiger partial charge in [0.1, 0.15) is 12.6 Å². The Balaban J connectivity index is 2.46. The number of benzene rings is 2. The van der Waals surface area contributed by atoms with Crippen LogP contribution in [-0.4, -0.2) is 50.5 Å². The summed E-state index contributed by atoms with van der Waals surface area (Å²) in [5.41, 5.74) is 3.28. The average Bonchev–Trinajstić information content (AvgIpc) is 2.78. The zero-order chi connectivity index (χ0) is 24.6. The fourth-order valence-electron chi connectivity index (χ4n) is 3.75. The lowest BCUT2D eigenvalue weighted by molar-refractivity contribution is -0.140. The monoisotopic (exact) mass is 473 g/mol. The largest absolute Gasteiger partial charge is 0.355 e. The van der Waals surface area contributed by atoms with E-state index in [1.165, 1.54) is 4.90 Å². The highest BCUT2D eigenvalue weighted by atomic mass is 32.2. The van der Waals surface area contributed by atoms with Crippen LogP contribution in [0.15, 0.2) is 48.5 Å². The van der Waals surface area contributed by atoms with Crippen molar-refractivity contribution >= 4 is 27.5 Å². The Morgan fingerprint density at radius 2 is 1.64 bits per heavy atom. The summed E-state index contributed by atoms with van der Waals surface area (Å²) in [6.07, 6.45) is 2.13. The molecular formula is C25H35N3O4S. The highest BCUT2D eigenvalue weighted by molar-refractivity contribution is 7.92. The lowest BCUT2D eigenvalue weighted by Crippen LogP contribution is -2.52. The zero-order valence-corrected chi connectivity index (χ0v) is 21.0. The maximum atomic E-state index is 13.6. The van der Waals surface area contributed by atoms with Gasteiger partial charge in [0.25, 0.3) is 0 Å². The topological polar surface area (TPSA) is 86.8 Å². The van der Waals surface area contributed by atoms with Gasteiger partial charge in [-0.2, -0.15) is 0 Å². The van der Waals surface area contributed by atoms with Gasteiger partial charge in [0.05, 0.1) is 11.9 Å². The van der Waals surface area contributed by atoms with Crippen molar-refractivity contribution in [3.8, 4) is 0 Å². The lowest BCUT2D eigenvalue weighted by Gasteiger charge is -2.33. The summed E-state index contributed by atoms with van der Waals surface area (Å²) in [5.74, 6) is -0.676. The van der Waals surface area contributed by atoms with E-state index in [1.54, 1.807) is 12.1 Å². The standard InChI is InChI=1S/C25H35N3O4S/c1-6-21-11-9-10-12-23(21)28(33(5,31)32)18-24(29)27(22(7-2)25(30)26-8-3)17-20-15-13-19(4)14-16-20/h9-16,22H,6-8,17-18H2,1-5H3,(H,26,30)/t22-/m1/s1. The smallest absolute Gasteiger partial charge is 0.244 e. The van der Waals surface area contributed by atoms with Gasteiger partial charge in [-0.3, -0.25) is 13.9 Å². The lowest BCUT2D eigenvalue weighted by atomic mass is 10.1. The zero-order valence-electron chi connectivity index (χ0n) is 20.2. The number of hydrogen-bond donors (Lipinski definition) is 1. The van der Waals surface area contributed by atoms with Gasteiger partial charge < -0.3 is 10.2 Å². The fourth-order valence-corrected chi connectivity index (χ4v) is 4.63. The molecule has 0 unspecified atom stereocenters. The summed E-state index contributed by atoms with van der Waals surface area (Å²) >= 11 is 0. The molecule has 2 amide bonds. The van der Waals surface area contributed by atoms with E-state index in [4.69, 9.17) is 0 Å². The molecule has 7 nitrogen and oxygen atoms in total. The van der Waals surface area contributed by atoms with Crippen LogP contribution in [0.3, 0.4) is 0 Å². The number of nitrogens with one attached hydrogen (secondary N) is 1. The van der Waals surface area contributed by atoms with E-state index in [2.05, 4.69) is 5.32 Å². The number of sulfonamides is 1. The molecule has 0 spiro atoms. The minimum absolute atomic E-state index is 0.210. The molecule has 0 bridgehead atoms. The molecule has 0 aromatic heterocycles. The molecule has 0 aliphatic heterocycles. The first-order valence-corrected chi connectivity index (χ1v) is 13.1. The van der Waals surface area contributed by atoms with Crippen molar-refractivity contribution in [2.24, 2.45) is 0 Å². The van der Waals surface area contributed by atoms with Gasteiger partial charge in [0, 0.05) is 13.1 Å². The predicted octanol–water partition coefficient (Wildman–Crippen LogP) is 3.27. The van der Waals surface area contributed by atoms with Crippen LogP contribution < -0.4 is 9.62 Å². The van der Waals surface area contributed by atoms with Crippen molar-refractivity contribution in [2.45, 2.75) is 53.1 Å². The second-order valence-electron chi connectivity index (χ2n) is 8.08. The molecule has 0 saturated heterocycles. The van der Waals surface area contributed by atoms with Crippen molar-refractivity contribution in [1.82, 2.24) is 10.2 Å². The van der Waals surface area contributed by atoms with E-state index in [9.17, 15) is 18.0 Å². The normalized spacial score (nSPS) is 12.2. The molecule has 0 fully saturated rings. The SMILES string of the molecule is CCNC(=O)[C@@H](CC)N(Cc1ccc(C)cc1)C(=O)CN(c1ccccc1CC)S(C)(=O)=O. The molecule has 33 heavy (non-hydrogen) atoms. The van der Waals surface area contributed by atoms with Crippen LogP contribution in [0.25, 0.3) is 0 Å². The van der Waals surface area contributed by atoms with Gasteiger partial charge in [-0.05, 0) is 43.9 Å². The first-order valence-electron chi connectivity index (χ1n) is 11.3. The van der Waals surface area contributed by atoms with Crippen LogP contribution in [0.2, 0.25) is 0 Å². The van der Waals surface area contributed by atoms with Crippen molar-refractivity contribution in [3.63, 3.8) is 0 Å². The Kier molecular flexibility index (Phi) is 9.46. The summed E-state index contributed by atoms with van der Waals surface area (Å²) in [7, 11) is -3.74. The number of nitrogens with zero attached hydrogens (tertiary/aromatic N) is 2. The van der Waals surface area contributed by atoms with Crippen LogP contribution in [-0.2, 0) is 32.6 Å². The number of hydrogen-bond acceptors (Lipinski definition) is 4. The Morgan fingerprint density at radius 3 is 2.18 bits per heavy atom. The van der Waals surface area contributed by atoms with Crippen LogP contribution in [0.4, 0.5) is 5.69 Å². The van der Waals surface area contributed by atoms with Crippen LogP contribution >= 0.6 is 0 Å². The minimum Gasteiger partial charge on any atom is -0.355 e. The number of carbonyl (C=O) groups excluding carboxylic acids is 2. The highest BCUT2D eigenvalue weighted by Crippen LogP contribution is 2.24. The van der Waals surface area contributed by atoms with Gasteiger partial charge in [-0.15, -0.1) is 0 Å². The maximum Gasteiger partial charge on any atom is 0.244 e. The van der Waals surface area contributed by atoms with E-state index < -0.39 is 22.0 Å². The average molecular weight is 474 g/mol. The molecule has 0 heterocycles. The third-order valence-electron chi connectivity index (χ3n) is 5.53. The van der Waals surface area contributed by atoms with E-state index in [1.807, 2.05) is 64.1 Å². The molecule has 180 valence electrons. The second-order valence-corrected chi connectivity index (χ2v) is 9.98.